The van der Waals surface area contributed by atoms with E-state index in [0.717, 1.165) is 15.4 Å². The second-order valence-electron chi connectivity index (χ2n) is 7.04. The van der Waals surface area contributed by atoms with Gasteiger partial charge in [0.15, 0.2) is 0 Å². The Labute approximate surface area is 182 Å². The summed E-state index contributed by atoms with van der Waals surface area (Å²) in [6.07, 6.45) is 0. The smallest absolute Gasteiger partial charge is 0.264 e. The van der Waals surface area contributed by atoms with Crippen molar-refractivity contribution >= 4 is 33.2 Å². The van der Waals surface area contributed by atoms with Crippen LogP contribution in [-0.2, 0) is 21.4 Å². The topological polar surface area (TPSA) is 57.7 Å². The van der Waals surface area contributed by atoms with E-state index in [9.17, 15) is 13.2 Å². The largest absolute Gasteiger partial charge is 0.340 e. The molecule has 30 heavy (non-hydrogen) atoms. The molecule has 5 nitrogen and oxygen atoms in total. The van der Waals surface area contributed by atoms with Crippen LogP contribution in [0.5, 0.6) is 0 Å². The Morgan fingerprint density at radius 2 is 1.50 bits per heavy atom. The molecule has 0 saturated heterocycles. The monoisotopic (exact) mass is 442 g/mol. The van der Waals surface area contributed by atoms with Crippen LogP contribution in [0, 0.1) is 6.92 Å². The number of hydrogen-bond acceptors (Lipinski definition) is 3. The number of likely N-dealkylation sites (N-methyl/N-ethyl adjacent to an activating group) is 1. The molecule has 0 heterocycles. The van der Waals surface area contributed by atoms with Crippen LogP contribution in [-0.4, -0.2) is 32.8 Å². The van der Waals surface area contributed by atoms with Crippen molar-refractivity contribution in [1.82, 2.24) is 4.90 Å². The van der Waals surface area contributed by atoms with E-state index in [1.54, 1.807) is 19.2 Å². The van der Waals surface area contributed by atoms with E-state index >= 15 is 0 Å². The lowest BCUT2D eigenvalue weighted by atomic mass is 10.2. The molecule has 0 aliphatic heterocycles. The molecule has 0 saturated carbocycles. The number of carbonyl (C=O) groups is 1. The van der Waals surface area contributed by atoms with Crippen LogP contribution in [0.15, 0.2) is 83.8 Å². The Morgan fingerprint density at radius 3 is 2.10 bits per heavy atom. The lowest BCUT2D eigenvalue weighted by molar-refractivity contribution is -0.128. The van der Waals surface area contributed by atoms with E-state index in [4.69, 9.17) is 11.6 Å². The molecule has 3 rings (SSSR count). The summed E-state index contributed by atoms with van der Waals surface area (Å²) >= 11 is 5.91. The van der Waals surface area contributed by atoms with E-state index in [0.29, 0.717) is 17.3 Å². The number of aryl methyl sites for hydroxylation is 1. The number of rotatable bonds is 7. The molecule has 0 unspecified atom stereocenters. The molecule has 1 amide bonds. The van der Waals surface area contributed by atoms with Crippen molar-refractivity contribution in [2.24, 2.45) is 0 Å². The number of halogens is 1. The molecule has 0 aliphatic carbocycles. The Kier molecular flexibility index (Phi) is 6.80. The molecule has 0 fully saturated rings. The highest BCUT2D eigenvalue weighted by Crippen LogP contribution is 2.25. The van der Waals surface area contributed by atoms with Crippen LogP contribution in [0.3, 0.4) is 0 Å². The Morgan fingerprint density at radius 1 is 0.900 bits per heavy atom. The van der Waals surface area contributed by atoms with Crippen LogP contribution in [0.25, 0.3) is 0 Å². The maximum atomic E-state index is 13.4. The minimum atomic E-state index is -3.96. The van der Waals surface area contributed by atoms with E-state index in [-0.39, 0.29) is 17.3 Å². The zero-order chi connectivity index (χ0) is 21.7. The lowest BCUT2D eigenvalue weighted by Gasteiger charge is -2.27. The summed E-state index contributed by atoms with van der Waals surface area (Å²) in [5, 5.41) is 0.439. The van der Waals surface area contributed by atoms with E-state index < -0.39 is 10.0 Å². The second kappa shape index (κ2) is 9.32. The average molecular weight is 443 g/mol. The summed E-state index contributed by atoms with van der Waals surface area (Å²) < 4.78 is 27.9. The summed E-state index contributed by atoms with van der Waals surface area (Å²) in [5.74, 6) is -0.308. The number of amides is 1. The third-order valence-corrected chi connectivity index (χ3v) is 6.73. The molecule has 0 atom stereocenters. The van der Waals surface area contributed by atoms with Gasteiger partial charge in [-0.1, -0.05) is 59.6 Å². The number of anilines is 1. The second-order valence-corrected chi connectivity index (χ2v) is 9.34. The zero-order valence-electron chi connectivity index (χ0n) is 16.8. The van der Waals surface area contributed by atoms with Gasteiger partial charge in [0.05, 0.1) is 10.6 Å². The predicted octanol–water partition coefficient (Wildman–Crippen LogP) is 4.50. The van der Waals surface area contributed by atoms with Gasteiger partial charge >= 0.3 is 0 Å². The van der Waals surface area contributed by atoms with Crippen LogP contribution in [0.1, 0.15) is 11.1 Å². The first-order valence-corrected chi connectivity index (χ1v) is 11.2. The molecule has 3 aromatic rings. The standard InChI is InChI=1S/C23H23ClN2O3S/c1-18-8-12-21(13-9-18)26(30(28,29)22-14-10-20(24)11-15-22)17-23(27)25(2)16-19-6-4-3-5-7-19/h3-15H,16-17H2,1-2H3. The molecular formula is C23H23ClN2O3S. The summed E-state index contributed by atoms with van der Waals surface area (Å²) in [6.45, 7) is 2.00. The molecule has 7 heteroatoms. The molecule has 0 aromatic heterocycles. The van der Waals surface area contributed by atoms with Crippen molar-refractivity contribution in [1.29, 1.82) is 0 Å². The molecular weight excluding hydrogens is 420 g/mol. The first-order chi connectivity index (χ1) is 14.3. The van der Waals surface area contributed by atoms with Crippen molar-refractivity contribution < 1.29 is 13.2 Å². The number of nitrogens with zero attached hydrogens (tertiary/aromatic N) is 2. The lowest BCUT2D eigenvalue weighted by Crippen LogP contribution is -2.41. The van der Waals surface area contributed by atoms with E-state index in [1.165, 1.54) is 29.2 Å². The summed E-state index contributed by atoms with van der Waals surface area (Å²) in [6, 6.07) is 22.5. The van der Waals surface area contributed by atoms with Gasteiger partial charge in [0.1, 0.15) is 6.54 Å². The SMILES string of the molecule is Cc1ccc(N(CC(=O)N(C)Cc2ccccc2)S(=O)(=O)c2ccc(Cl)cc2)cc1. The molecule has 0 spiro atoms. The molecule has 156 valence electrons. The normalized spacial score (nSPS) is 11.2. The van der Waals surface area contributed by atoms with E-state index in [2.05, 4.69) is 0 Å². The van der Waals surface area contributed by atoms with Gasteiger partial charge in [0.2, 0.25) is 5.91 Å². The molecule has 3 aromatic carbocycles. The van der Waals surface area contributed by atoms with Gasteiger partial charge in [-0.3, -0.25) is 9.10 Å². The maximum absolute atomic E-state index is 13.4. The summed E-state index contributed by atoms with van der Waals surface area (Å²) in [4.78, 5) is 14.5. The van der Waals surface area contributed by atoms with Crippen molar-refractivity contribution in [3.8, 4) is 0 Å². The summed E-state index contributed by atoms with van der Waals surface area (Å²) in [5.41, 5.74) is 2.39. The highest BCUT2D eigenvalue weighted by Gasteiger charge is 2.28. The summed E-state index contributed by atoms with van der Waals surface area (Å²) in [7, 11) is -2.29. The molecule has 0 radical (unpaired) electrons. The number of sulfonamides is 1. The molecule has 0 N–H and O–H groups in total. The Balaban J connectivity index is 1.90. The van der Waals surface area contributed by atoms with Gasteiger partial charge in [0, 0.05) is 18.6 Å². The van der Waals surface area contributed by atoms with E-state index in [1.807, 2.05) is 49.4 Å². The molecule has 0 bridgehead atoms. The fraction of sp³-hybridized carbons (Fsp3) is 0.174. The first-order valence-electron chi connectivity index (χ1n) is 9.40. The maximum Gasteiger partial charge on any atom is 0.264 e. The van der Waals surface area contributed by atoms with Crippen LogP contribution in [0.2, 0.25) is 5.02 Å². The van der Waals surface area contributed by atoms with Gasteiger partial charge in [-0.05, 0) is 48.9 Å². The number of benzene rings is 3. The van der Waals surface area contributed by atoms with Crippen LogP contribution >= 0.6 is 11.6 Å². The van der Waals surface area contributed by atoms with Gasteiger partial charge in [0.25, 0.3) is 10.0 Å². The predicted molar refractivity (Wildman–Crippen MR) is 120 cm³/mol. The third-order valence-electron chi connectivity index (χ3n) is 4.69. The quantitative estimate of drug-likeness (QED) is 0.541. The molecule has 0 aliphatic rings. The third kappa shape index (κ3) is 5.20. The zero-order valence-corrected chi connectivity index (χ0v) is 18.4. The van der Waals surface area contributed by atoms with Crippen molar-refractivity contribution in [3.05, 3.63) is 95.0 Å². The van der Waals surface area contributed by atoms with Crippen molar-refractivity contribution in [2.45, 2.75) is 18.4 Å². The fourth-order valence-corrected chi connectivity index (χ4v) is 4.49. The van der Waals surface area contributed by atoms with Gasteiger partial charge in [-0.15, -0.1) is 0 Å². The Hall–Kier alpha value is -2.83. The van der Waals surface area contributed by atoms with Crippen LogP contribution < -0.4 is 4.31 Å². The minimum Gasteiger partial charge on any atom is -0.340 e. The first kappa shape index (κ1) is 21.9. The average Bonchev–Trinajstić information content (AvgIpc) is 2.73. The van der Waals surface area contributed by atoms with Crippen molar-refractivity contribution in [3.63, 3.8) is 0 Å². The highest BCUT2D eigenvalue weighted by molar-refractivity contribution is 7.92. The van der Waals surface area contributed by atoms with Gasteiger partial charge in [-0.2, -0.15) is 0 Å². The minimum absolute atomic E-state index is 0.0750. The number of hydrogen-bond donors (Lipinski definition) is 0. The van der Waals surface area contributed by atoms with Gasteiger partial charge < -0.3 is 4.90 Å². The van der Waals surface area contributed by atoms with Gasteiger partial charge in [-0.25, -0.2) is 8.42 Å². The Bertz CT molecular complexity index is 1100. The fourth-order valence-electron chi connectivity index (χ4n) is 2.95. The van der Waals surface area contributed by atoms with Crippen molar-refractivity contribution in [2.75, 3.05) is 17.9 Å². The highest BCUT2D eigenvalue weighted by atomic mass is 35.5. The van der Waals surface area contributed by atoms with Crippen LogP contribution in [0.4, 0.5) is 5.69 Å². The number of carbonyl (C=O) groups excluding carboxylic acids is 1.